The van der Waals surface area contributed by atoms with Gasteiger partial charge < -0.3 is 0 Å². The van der Waals surface area contributed by atoms with E-state index in [4.69, 9.17) is 0 Å². The summed E-state index contributed by atoms with van der Waals surface area (Å²) >= 11 is 1.31. The van der Waals surface area contributed by atoms with Gasteiger partial charge in [0.15, 0.2) is 15.0 Å². The zero-order valence-corrected chi connectivity index (χ0v) is 18.2. The average Bonchev–Trinajstić information content (AvgIpc) is 3.14. The van der Waals surface area contributed by atoms with E-state index in [9.17, 15) is 13.2 Å². The van der Waals surface area contributed by atoms with Crippen LogP contribution in [0.25, 0.3) is 10.2 Å². The molecule has 30 heavy (non-hydrogen) atoms. The fraction of sp³-hybridized carbons (Fsp3) is 0.130. The van der Waals surface area contributed by atoms with Gasteiger partial charge in [-0.1, -0.05) is 59.4 Å². The van der Waals surface area contributed by atoms with E-state index in [-0.39, 0.29) is 10.8 Å². The average molecular weight is 437 g/mol. The molecule has 3 aromatic carbocycles. The van der Waals surface area contributed by atoms with Crippen molar-refractivity contribution in [1.82, 2.24) is 4.98 Å². The van der Waals surface area contributed by atoms with E-state index < -0.39 is 9.84 Å². The van der Waals surface area contributed by atoms with E-state index in [1.54, 1.807) is 29.2 Å². The zero-order valence-electron chi connectivity index (χ0n) is 16.6. The SMILES string of the molecule is Cc1cccc(C(=O)N(Cc2ccccc2)c2nc3ccc(S(C)(=O)=O)cc3s2)c1. The Morgan fingerprint density at radius 1 is 1.00 bits per heavy atom. The normalized spacial score (nSPS) is 11.5. The smallest absolute Gasteiger partial charge is 0.260 e. The lowest BCUT2D eigenvalue weighted by molar-refractivity contribution is 0.0985. The highest BCUT2D eigenvalue weighted by Gasteiger charge is 2.22. The van der Waals surface area contributed by atoms with E-state index in [1.165, 1.54) is 17.6 Å². The van der Waals surface area contributed by atoms with E-state index in [1.807, 2.05) is 55.5 Å². The van der Waals surface area contributed by atoms with Crippen molar-refractivity contribution in [2.24, 2.45) is 0 Å². The van der Waals surface area contributed by atoms with Gasteiger partial charge in [-0.05, 0) is 42.8 Å². The Balaban J connectivity index is 1.79. The Kier molecular flexibility index (Phi) is 5.40. The number of rotatable bonds is 5. The number of carbonyl (C=O) groups is 1. The van der Waals surface area contributed by atoms with Crippen molar-refractivity contribution in [3.63, 3.8) is 0 Å². The maximum Gasteiger partial charge on any atom is 0.260 e. The molecule has 0 aliphatic carbocycles. The Morgan fingerprint density at radius 2 is 1.77 bits per heavy atom. The molecule has 5 nitrogen and oxygen atoms in total. The number of nitrogens with zero attached hydrogens (tertiary/aromatic N) is 2. The Bertz CT molecular complexity index is 1330. The summed E-state index contributed by atoms with van der Waals surface area (Å²) in [6.45, 7) is 2.31. The van der Waals surface area contributed by atoms with Crippen LogP contribution in [0.4, 0.5) is 5.13 Å². The third kappa shape index (κ3) is 4.27. The van der Waals surface area contributed by atoms with Crippen molar-refractivity contribution in [2.45, 2.75) is 18.4 Å². The molecule has 4 aromatic rings. The molecule has 1 heterocycles. The second kappa shape index (κ2) is 8.01. The van der Waals surface area contributed by atoms with Crippen LogP contribution < -0.4 is 4.90 Å². The van der Waals surface area contributed by atoms with E-state index >= 15 is 0 Å². The molecule has 1 amide bonds. The number of thiazole rings is 1. The molecule has 0 fully saturated rings. The first kappa shape index (κ1) is 20.3. The van der Waals surface area contributed by atoms with Gasteiger partial charge in [0.25, 0.3) is 5.91 Å². The minimum absolute atomic E-state index is 0.148. The largest absolute Gasteiger partial charge is 0.279 e. The van der Waals surface area contributed by atoms with E-state index in [0.717, 1.165) is 15.8 Å². The number of amides is 1. The summed E-state index contributed by atoms with van der Waals surface area (Å²) in [5, 5.41) is 0.533. The van der Waals surface area contributed by atoms with Crippen LogP contribution in [-0.4, -0.2) is 25.6 Å². The van der Waals surface area contributed by atoms with Crippen molar-refractivity contribution in [3.8, 4) is 0 Å². The summed E-state index contributed by atoms with van der Waals surface area (Å²) in [7, 11) is -3.32. The number of sulfone groups is 1. The molecule has 0 saturated heterocycles. The van der Waals surface area contributed by atoms with Gasteiger partial charge in [0.1, 0.15) is 0 Å². The molecule has 0 atom stereocenters. The van der Waals surface area contributed by atoms with Crippen LogP contribution >= 0.6 is 11.3 Å². The number of anilines is 1. The Hall–Kier alpha value is -3.03. The molecule has 0 aliphatic heterocycles. The topological polar surface area (TPSA) is 67.3 Å². The van der Waals surface area contributed by atoms with Gasteiger partial charge in [-0.3, -0.25) is 9.69 Å². The quantitative estimate of drug-likeness (QED) is 0.448. The van der Waals surface area contributed by atoms with Crippen LogP contribution in [0.2, 0.25) is 0 Å². The molecule has 152 valence electrons. The summed E-state index contributed by atoms with van der Waals surface area (Å²) in [6, 6.07) is 22.0. The minimum atomic E-state index is -3.32. The fourth-order valence-corrected chi connectivity index (χ4v) is 4.89. The predicted octanol–water partition coefficient (Wildman–Crippen LogP) is 4.86. The number of aromatic nitrogens is 1. The summed E-state index contributed by atoms with van der Waals surface area (Å²) in [5.41, 5.74) is 3.23. The van der Waals surface area contributed by atoms with Crippen molar-refractivity contribution in [3.05, 3.63) is 89.5 Å². The van der Waals surface area contributed by atoms with Gasteiger partial charge in [-0.25, -0.2) is 13.4 Å². The molecule has 0 N–H and O–H groups in total. The van der Waals surface area contributed by atoms with Gasteiger partial charge >= 0.3 is 0 Å². The molecule has 0 radical (unpaired) electrons. The minimum Gasteiger partial charge on any atom is -0.279 e. The summed E-state index contributed by atoms with van der Waals surface area (Å²) in [4.78, 5) is 19.9. The molecule has 0 unspecified atom stereocenters. The van der Waals surface area contributed by atoms with Crippen LogP contribution in [0, 0.1) is 6.92 Å². The molecular formula is C23H20N2O3S2. The Morgan fingerprint density at radius 3 is 2.47 bits per heavy atom. The second-order valence-corrected chi connectivity index (χ2v) is 10.2. The van der Waals surface area contributed by atoms with Crippen LogP contribution in [0.5, 0.6) is 0 Å². The number of hydrogen-bond acceptors (Lipinski definition) is 5. The highest BCUT2D eigenvalue weighted by Crippen LogP contribution is 2.32. The highest BCUT2D eigenvalue weighted by atomic mass is 32.2. The first-order valence-corrected chi connectivity index (χ1v) is 12.1. The van der Waals surface area contributed by atoms with Gasteiger partial charge in [0.05, 0.1) is 21.7 Å². The number of hydrogen-bond donors (Lipinski definition) is 0. The molecule has 1 aromatic heterocycles. The standard InChI is InChI=1S/C23H20N2O3S2/c1-16-7-6-10-18(13-16)22(26)25(15-17-8-4-3-5-9-17)23-24-20-12-11-19(30(2,27)28)14-21(20)29-23/h3-14H,15H2,1-2H3. The van der Waals surface area contributed by atoms with E-state index in [2.05, 4.69) is 4.98 Å². The lowest BCUT2D eigenvalue weighted by atomic mass is 10.1. The lowest BCUT2D eigenvalue weighted by Crippen LogP contribution is -2.30. The molecule has 0 spiro atoms. The van der Waals surface area contributed by atoms with Crippen molar-refractivity contribution in [2.75, 3.05) is 11.2 Å². The van der Waals surface area contributed by atoms with Gasteiger partial charge in [-0.15, -0.1) is 0 Å². The summed E-state index contributed by atoms with van der Waals surface area (Å²) in [6.07, 6.45) is 1.18. The third-order valence-electron chi connectivity index (χ3n) is 4.70. The summed E-state index contributed by atoms with van der Waals surface area (Å²) in [5.74, 6) is -0.148. The van der Waals surface area contributed by atoms with Crippen LogP contribution in [0.1, 0.15) is 21.5 Å². The molecule has 4 rings (SSSR count). The van der Waals surface area contributed by atoms with Gasteiger partial charge in [-0.2, -0.15) is 0 Å². The number of carbonyl (C=O) groups excluding carboxylic acids is 1. The fourth-order valence-electron chi connectivity index (χ4n) is 3.17. The van der Waals surface area contributed by atoms with Crippen LogP contribution in [-0.2, 0) is 16.4 Å². The van der Waals surface area contributed by atoms with Crippen LogP contribution in [0.3, 0.4) is 0 Å². The molecule has 0 saturated carbocycles. The third-order valence-corrected chi connectivity index (χ3v) is 6.85. The zero-order chi connectivity index (χ0) is 21.3. The number of benzene rings is 3. The lowest BCUT2D eigenvalue weighted by Gasteiger charge is -2.20. The summed E-state index contributed by atoms with van der Waals surface area (Å²) < 4.78 is 24.5. The van der Waals surface area contributed by atoms with Crippen LogP contribution in [0.15, 0.2) is 77.7 Å². The number of fused-ring (bicyclic) bond motifs is 1. The molecular weight excluding hydrogens is 416 g/mol. The van der Waals surface area contributed by atoms with E-state index in [0.29, 0.717) is 22.8 Å². The highest BCUT2D eigenvalue weighted by molar-refractivity contribution is 7.90. The molecule has 0 aliphatic rings. The molecule has 0 bridgehead atoms. The van der Waals surface area contributed by atoms with Gasteiger partial charge in [0.2, 0.25) is 0 Å². The number of aryl methyl sites for hydroxylation is 1. The first-order chi connectivity index (χ1) is 14.3. The predicted molar refractivity (Wildman–Crippen MR) is 121 cm³/mol. The van der Waals surface area contributed by atoms with Crippen molar-refractivity contribution in [1.29, 1.82) is 0 Å². The van der Waals surface area contributed by atoms with Gasteiger partial charge in [0, 0.05) is 11.8 Å². The second-order valence-electron chi connectivity index (χ2n) is 7.14. The van der Waals surface area contributed by atoms with Crippen molar-refractivity contribution < 1.29 is 13.2 Å². The van der Waals surface area contributed by atoms with Crippen molar-refractivity contribution >= 4 is 42.4 Å². The molecule has 7 heteroatoms. The monoisotopic (exact) mass is 436 g/mol. The first-order valence-electron chi connectivity index (χ1n) is 9.34. The maximum absolute atomic E-state index is 13.4. The Labute approximate surface area is 179 Å². The maximum atomic E-state index is 13.4.